The predicted octanol–water partition coefficient (Wildman–Crippen LogP) is -0.869. The van der Waals surface area contributed by atoms with E-state index < -0.39 is 6.10 Å². The van der Waals surface area contributed by atoms with E-state index in [1.165, 1.54) is 6.42 Å². The lowest BCUT2D eigenvalue weighted by molar-refractivity contribution is -0.130. The molecule has 2 saturated heterocycles. The molecule has 0 aromatic carbocycles. The van der Waals surface area contributed by atoms with Crippen LogP contribution in [-0.2, 0) is 9.53 Å². The van der Waals surface area contributed by atoms with Crippen molar-refractivity contribution in [2.75, 3.05) is 39.3 Å². The van der Waals surface area contributed by atoms with Crippen LogP contribution < -0.4 is 10.6 Å². The number of aliphatic hydroxyl groups is 1. The predicted molar refractivity (Wildman–Crippen MR) is 87.5 cm³/mol. The first-order chi connectivity index (χ1) is 11.5. The lowest BCUT2D eigenvalue weighted by Crippen LogP contribution is -2.54. The number of aliphatic hydroxyl groups excluding tert-OH is 1. The highest BCUT2D eigenvalue weighted by molar-refractivity contribution is 5.74. The van der Waals surface area contributed by atoms with Crippen molar-refractivity contribution in [2.45, 2.75) is 50.5 Å². The van der Waals surface area contributed by atoms with Crippen LogP contribution in [0.15, 0.2) is 0 Å². The zero-order chi connectivity index (χ0) is 17.1. The molecular weight excluding hydrogens is 312 g/mol. The summed E-state index contributed by atoms with van der Waals surface area (Å²) in [6, 6.07) is -0.311. The van der Waals surface area contributed by atoms with E-state index in [4.69, 9.17) is 4.74 Å². The highest BCUT2D eigenvalue weighted by Crippen LogP contribution is 2.19. The van der Waals surface area contributed by atoms with Crippen LogP contribution in [0.4, 0.5) is 4.79 Å². The fourth-order valence-corrected chi connectivity index (χ4v) is 3.42. The molecule has 0 radical (unpaired) electrons. The van der Waals surface area contributed by atoms with Crippen LogP contribution in [0, 0.1) is 0 Å². The molecule has 3 aliphatic rings. The fraction of sp³-hybridized carbons (Fsp3) is 0.875. The Balaban J connectivity index is 1.40. The summed E-state index contributed by atoms with van der Waals surface area (Å²) in [4.78, 5) is 27.3. The molecule has 3 rings (SSSR count). The van der Waals surface area contributed by atoms with Crippen molar-refractivity contribution in [2.24, 2.45) is 0 Å². The Kier molecular flexibility index (Phi) is 5.57. The molecular formula is C16H28N4O4. The van der Waals surface area contributed by atoms with E-state index in [0.717, 1.165) is 25.9 Å². The molecule has 24 heavy (non-hydrogen) atoms. The summed E-state index contributed by atoms with van der Waals surface area (Å²) in [7, 11) is 0. The van der Waals surface area contributed by atoms with Crippen LogP contribution in [0.25, 0.3) is 0 Å². The van der Waals surface area contributed by atoms with E-state index in [9.17, 15) is 14.7 Å². The van der Waals surface area contributed by atoms with Crippen LogP contribution >= 0.6 is 0 Å². The molecule has 3 N–H and O–H groups in total. The monoisotopic (exact) mass is 340 g/mol. The lowest BCUT2D eigenvalue weighted by atomic mass is 9.93. The van der Waals surface area contributed by atoms with Gasteiger partial charge >= 0.3 is 6.03 Å². The van der Waals surface area contributed by atoms with Gasteiger partial charge in [0, 0.05) is 45.7 Å². The van der Waals surface area contributed by atoms with Gasteiger partial charge in [-0.25, -0.2) is 4.79 Å². The SMILES string of the molecule is CC(=O)N1CCN(CC2OCC(NC(=O)NC3CCC3)C2O)CC1. The summed E-state index contributed by atoms with van der Waals surface area (Å²) in [6.45, 7) is 5.53. The second-order valence-electron chi connectivity index (χ2n) is 7.02. The van der Waals surface area contributed by atoms with Gasteiger partial charge in [0.15, 0.2) is 0 Å². The van der Waals surface area contributed by atoms with Crippen LogP contribution in [0.3, 0.4) is 0 Å². The lowest BCUT2D eigenvalue weighted by Gasteiger charge is -2.35. The van der Waals surface area contributed by atoms with Crippen LogP contribution in [0.5, 0.6) is 0 Å². The Hall–Kier alpha value is -1.38. The Morgan fingerprint density at radius 1 is 1.17 bits per heavy atom. The van der Waals surface area contributed by atoms with Crippen molar-refractivity contribution in [3.8, 4) is 0 Å². The number of nitrogens with one attached hydrogen (secondary N) is 2. The number of piperazine rings is 1. The summed E-state index contributed by atoms with van der Waals surface area (Å²) >= 11 is 0. The number of rotatable bonds is 4. The van der Waals surface area contributed by atoms with Gasteiger partial charge in [0.25, 0.3) is 0 Å². The summed E-state index contributed by atoms with van der Waals surface area (Å²) in [5.74, 6) is 0.105. The van der Waals surface area contributed by atoms with Gasteiger partial charge in [-0.3, -0.25) is 9.69 Å². The smallest absolute Gasteiger partial charge is 0.315 e. The molecule has 1 aliphatic carbocycles. The second-order valence-corrected chi connectivity index (χ2v) is 7.02. The first kappa shape index (κ1) is 17.4. The highest BCUT2D eigenvalue weighted by Gasteiger charge is 2.38. The van der Waals surface area contributed by atoms with Crippen molar-refractivity contribution >= 4 is 11.9 Å². The van der Waals surface area contributed by atoms with Crippen LogP contribution in [0.1, 0.15) is 26.2 Å². The van der Waals surface area contributed by atoms with Gasteiger partial charge in [-0.15, -0.1) is 0 Å². The Morgan fingerprint density at radius 2 is 1.88 bits per heavy atom. The fourth-order valence-electron chi connectivity index (χ4n) is 3.42. The third kappa shape index (κ3) is 4.17. The molecule has 0 bridgehead atoms. The van der Waals surface area contributed by atoms with E-state index in [2.05, 4.69) is 15.5 Å². The zero-order valence-electron chi connectivity index (χ0n) is 14.2. The van der Waals surface area contributed by atoms with E-state index in [1.807, 2.05) is 4.90 Å². The van der Waals surface area contributed by atoms with Crippen molar-refractivity contribution < 1.29 is 19.4 Å². The highest BCUT2D eigenvalue weighted by atomic mass is 16.5. The van der Waals surface area contributed by atoms with Gasteiger partial charge in [-0.05, 0) is 19.3 Å². The van der Waals surface area contributed by atoms with Gasteiger partial charge < -0.3 is 25.4 Å². The summed E-state index contributed by atoms with van der Waals surface area (Å²) in [6.07, 6.45) is 2.22. The first-order valence-corrected chi connectivity index (χ1v) is 8.87. The number of urea groups is 1. The number of nitrogens with zero attached hydrogens (tertiary/aromatic N) is 2. The minimum atomic E-state index is -0.706. The molecule has 3 amide bonds. The Labute approximate surface area is 142 Å². The first-order valence-electron chi connectivity index (χ1n) is 8.87. The van der Waals surface area contributed by atoms with Gasteiger partial charge in [-0.1, -0.05) is 0 Å². The van der Waals surface area contributed by atoms with Crippen molar-refractivity contribution in [1.29, 1.82) is 0 Å². The molecule has 1 saturated carbocycles. The molecule has 2 aliphatic heterocycles. The quantitative estimate of drug-likeness (QED) is 0.619. The number of hydrogen-bond acceptors (Lipinski definition) is 5. The maximum Gasteiger partial charge on any atom is 0.315 e. The van der Waals surface area contributed by atoms with Crippen LogP contribution in [0.2, 0.25) is 0 Å². The van der Waals surface area contributed by atoms with Gasteiger partial charge in [0.2, 0.25) is 5.91 Å². The minimum absolute atomic E-state index is 0.105. The number of carbonyl (C=O) groups excluding carboxylic acids is 2. The summed E-state index contributed by atoms with van der Waals surface area (Å²) < 4.78 is 5.69. The summed E-state index contributed by atoms with van der Waals surface area (Å²) in [5.41, 5.74) is 0. The van der Waals surface area contributed by atoms with Crippen LogP contribution in [-0.4, -0.2) is 90.5 Å². The minimum Gasteiger partial charge on any atom is -0.388 e. The van der Waals surface area contributed by atoms with Gasteiger partial charge in [0.1, 0.15) is 6.10 Å². The molecule has 0 aromatic rings. The normalized spacial score (nSPS) is 31.6. The van der Waals surface area contributed by atoms with Crippen molar-refractivity contribution in [1.82, 2.24) is 20.4 Å². The van der Waals surface area contributed by atoms with Gasteiger partial charge in [-0.2, -0.15) is 0 Å². The topological polar surface area (TPSA) is 94.1 Å². The standard InChI is InChI=1S/C16H28N4O4/c1-11(21)20-7-5-19(6-8-20)9-14-15(22)13(10-24-14)18-16(23)17-12-3-2-4-12/h12-15,22H,2-10H2,1H3,(H2,17,18,23). The second kappa shape index (κ2) is 7.67. The summed E-state index contributed by atoms with van der Waals surface area (Å²) in [5, 5.41) is 16.1. The largest absolute Gasteiger partial charge is 0.388 e. The number of amides is 3. The van der Waals surface area contributed by atoms with Crippen molar-refractivity contribution in [3.63, 3.8) is 0 Å². The molecule has 136 valence electrons. The van der Waals surface area contributed by atoms with Gasteiger partial charge in [0.05, 0.1) is 18.8 Å². The van der Waals surface area contributed by atoms with E-state index in [1.54, 1.807) is 6.92 Å². The van der Waals surface area contributed by atoms with E-state index >= 15 is 0 Å². The number of hydrogen-bond donors (Lipinski definition) is 3. The molecule has 2 heterocycles. The number of carbonyl (C=O) groups is 2. The average molecular weight is 340 g/mol. The maximum absolute atomic E-state index is 11.9. The maximum atomic E-state index is 11.9. The molecule has 0 spiro atoms. The van der Waals surface area contributed by atoms with E-state index in [0.29, 0.717) is 26.2 Å². The molecule has 8 nitrogen and oxygen atoms in total. The Bertz CT molecular complexity index is 463. The molecule has 0 aromatic heterocycles. The molecule has 3 fully saturated rings. The molecule has 8 heteroatoms. The van der Waals surface area contributed by atoms with Crippen molar-refractivity contribution in [3.05, 3.63) is 0 Å². The third-order valence-corrected chi connectivity index (χ3v) is 5.30. The molecule has 3 unspecified atom stereocenters. The number of ether oxygens (including phenoxy) is 1. The Morgan fingerprint density at radius 3 is 2.46 bits per heavy atom. The zero-order valence-corrected chi connectivity index (χ0v) is 14.2. The average Bonchev–Trinajstić information content (AvgIpc) is 2.85. The molecule has 3 atom stereocenters. The third-order valence-electron chi connectivity index (χ3n) is 5.30. The van der Waals surface area contributed by atoms with E-state index in [-0.39, 0.29) is 30.1 Å².